The first-order valence-corrected chi connectivity index (χ1v) is 12.9. The van der Waals surface area contributed by atoms with Gasteiger partial charge in [0, 0.05) is 17.1 Å². The van der Waals surface area contributed by atoms with Crippen LogP contribution in [-0.2, 0) is 0 Å². The molecule has 0 saturated carbocycles. The third-order valence-corrected chi connectivity index (χ3v) is 6.81. The topological polar surface area (TPSA) is 3.24 Å². The minimum atomic E-state index is 1.15. The minimum absolute atomic E-state index is 1.15. The SMILES string of the molecule is Cc1ccc(C(=Cc2ccc(N(c3ccccc3)c3cccc(C)c3)cc2C)c2ccc(C)cc2)cc1. The number of hydrogen-bond donors (Lipinski definition) is 0. The lowest BCUT2D eigenvalue weighted by Crippen LogP contribution is -2.10. The fourth-order valence-corrected chi connectivity index (χ4v) is 4.71. The zero-order valence-corrected chi connectivity index (χ0v) is 22.1. The maximum absolute atomic E-state index is 2.33. The lowest BCUT2D eigenvalue weighted by molar-refractivity contribution is 1.26. The van der Waals surface area contributed by atoms with Crippen molar-refractivity contribution in [1.82, 2.24) is 0 Å². The number of benzene rings is 5. The van der Waals surface area contributed by atoms with Gasteiger partial charge in [0.1, 0.15) is 0 Å². The lowest BCUT2D eigenvalue weighted by Gasteiger charge is -2.26. The standard InChI is InChI=1S/C36H33N/c1-26-13-17-30(18-14-26)36(31-19-15-27(2)16-20-31)25-32-21-22-35(24-29(32)4)37(33-10-6-5-7-11-33)34-12-8-9-28(3)23-34/h5-25H,1-4H3. The van der Waals surface area contributed by atoms with Crippen molar-refractivity contribution < 1.29 is 0 Å². The zero-order chi connectivity index (χ0) is 25.8. The van der Waals surface area contributed by atoms with Crippen molar-refractivity contribution >= 4 is 28.7 Å². The number of para-hydroxylation sites is 1. The maximum Gasteiger partial charge on any atom is 0.0464 e. The quantitative estimate of drug-likeness (QED) is 0.219. The third-order valence-electron chi connectivity index (χ3n) is 6.81. The molecule has 0 unspecified atom stereocenters. The van der Waals surface area contributed by atoms with Crippen LogP contribution in [0.15, 0.2) is 121 Å². The summed E-state index contributed by atoms with van der Waals surface area (Å²) in [6.07, 6.45) is 2.33. The van der Waals surface area contributed by atoms with Gasteiger partial charge in [0.15, 0.2) is 0 Å². The summed E-state index contributed by atoms with van der Waals surface area (Å²) in [5.41, 5.74) is 13.4. The predicted octanol–water partition coefficient (Wildman–Crippen LogP) is 9.98. The van der Waals surface area contributed by atoms with Gasteiger partial charge in [0.2, 0.25) is 0 Å². The highest BCUT2D eigenvalue weighted by Crippen LogP contribution is 2.36. The second kappa shape index (κ2) is 10.7. The van der Waals surface area contributed by atoms with Gasteiger partial charge >= 0.3 is 0 Å². The lowest BCUT2D eigenvalue weighted by atomic mass is 9.93. The van der Waals surface area contributed by atoms with Gasteiger partial charge < -0.3 is 4.90 Å². The molecule has 5 aromatic rings. The van der Waals surface area contributed by atoms with Crippen molar-refractivity contribution in [2.24, 2.45) is 0 Å². The molecule has 0 heterocycles. The number of hydrogen-bond acceptors (Lipinski definition) is 1. The van der Waals surface area contributed by atoms with E-state index in [4.69, 9.17) is 0 Å². The van der Waals surface area contributed by atoms with E-state index < -0.39 is 0 Å². The molecule has 0 fully saturated rings. The van der Waals surface area contributed by atoms with Crippen LogP contribution in [0, 0.1) is 27.7 Å². The molecule has 0 radical (unpaired) electrons. The van der Waals surface area contributed by atoms with Crippen molar-refractivity contribution in [3.05, 3.63) is 160 Å². The van der Waals surface area contributed by atoms with Crippen molar-refractivity contribution in [3.8, 4) is 0 Å². The van der Waals surface area contributed by atoms with E-state index in [0.717, 1.165) is 17.1 Å². The Hall–Kier alpha value is -4.36. The second-order valence-corrected chi connectivity index (χ2v) is 9.84. The van der Waals surface area contributed by atoms with Crippen LogP contribution in [0.4, 0.5) is 17.1 Å². The number of aryl methyl sites for hydroxylation is 4. The Morgan fingerprint density at radius 2 is 1.05 bits per heavy atom. The monoisotopic (exact) mass is 479 g/mol. The molecule has 0 aliphatic carbocycles. The van der Waals surface area contributed by atoms with E-state index in [2.05, 4.69) is 160 Å². The van der Waals surface area contributed by atoms with Crippen LogP contribution in [-0.4, -0.2) is 0 Å². The first kappa shape index (κ1) is 24.3. The fraction of sp³-hybridized carbons (Fsp3) is 0.111. The minimum Gasteiger partial charge on any atom is -0.310 e. The molecule has 1 heteroatoms. The Morgan fingerprint density at radius 3 is 1.62 bits per heavy atom. The summed E-state index contributed by atoms with van der Waals surface area (Å²) in [6, 6.07) is 43.7. The van der Waals surface area contributed by atoms with Crippen LogP contribution >= 0.6 is 0 Å². The summed E-state index contributed by atoms with van der Waals surface area (Å²) in [4.78, 5) is 2.33. The molecule has 0 amide bonds. The average molecular weight is 480 g/mol. The molecular formula is C36H33N. The van der Waals surface area contributed by atoms with Gasteiger partial charge in [-0.05, 0) is 104 Å². The molecule has 5 rings (SSSR count). The van der Waals surface area contributed by atoms with Gasteiger partial charge in [0.05, 0.1) is 0 Å². The summed E-state index contributed by atoms with van der Waals surface area (Å²) in [7, 11) is 0. The van der Waals surface area contributed by atoms with Crippen LogP contribution in [0.1, 0.15) is 38.9 Å². The third kappa shape index (κ3) is 5.57. The Morgan fingerprint density at radius 1 is 0.486 bits per heavy atom. The van der Waals surface area contributed by atoms with E-state index in [1.54, 1.807) is 0 Å². The van der Waals surface area contributed by atoms with Gasteiger partial charge in [-0.2, -0.15) is 0 Å². The molecule has 0 bridgehead atoms. The summed E-state index contributed by atoms with van der Waals surface area (Å²) >= 11 is 0. The first-order chi connectivity index (χ1) is 18.0. The Bertz CT molecular complexity index is 1480. The molecule has 0 aliphatic rings. The van der Waals surface area contributed by atoms with Crippen molar-refractivity contribution in [3.63, 3.8) is 0 Å². The first-order valence-electron chi connectivity index (χ1n) is 12.9. The summed E-state index contributed by atoms with van der Waals surface area (Å²) in [5, 5.41) is 0. The Kier molecular flexibility index (Phi) is 7.05. The average Bonchev–Trinajstić information content (AvgIpc) is 2.90. The molecule has 182 valence electrons. The van der Waals surface area contributed by atoms with Gasteiger partial charge in [0.25, 0.3) is 0 Å². The fourth-order valence-electron chi connectivity index (χ4n) is 4.71. The van der Waals surface area contributed by atoms with Gasteiger partial charge in [-0.25, -0.2) is 0 Å². The highest BCUT2D eigenvalue weighted by atomic mass is 15.1. The predicted molar refractivity (Wildman–Crippen MR) is 160 cm³/mol. The van der Waals surface area contributed by atoms with Crippen LogP contribution in [0.3, 0.4) is 0 Å². The Balaban J connectivity index is 1.60. The smallest absolute Gasteiger partial charge is 0.0464 e. The Labute approximate surface area is 221 Å². The van der Waals surface area contributed by atoms with E-state index >= 15 is 0 Å². The molecular weight excluding hydrogens is 446 g/mol. The molecule has 0 aliphatic heterocycles. The number of nitrogens with zero attached hydrogens (tertiary/aromatic N) is 1. The van der Waals surface area contributed by atoms with Crippen LogP contribution in [0.5, 0.6) is 0 Å². The molecule has 0 aromatic heterocycles. The number of anilines is 3. The van der Waals surface area contributed by atoms with E-state index in [1.165, 1.54) is 44.5 Å². The largest absolute Gasteiger partial charge is 0.310 e. The van der Waals surface area contributed by atoms with E-state index in [1.807, 2.05) is 0 Å². The molecule has 37 heavy (non-hydrogen) atoms. The maximum atomic E-state index is 2.33. The normalized spacial score (nSPS) is 10.7. The molecule has 0 spiro atoms. The summed E-state index contributed by atoms with van der Waals surface area (Å²) < 4.78 is 0. The van der Waals surface area contributed by atoms with Crippen molar-refractivity contribution in [1.29, 1.82) is 0 Å². The van der Waals surface area contributed by atoms with Crippen LogP contribution < -0.4 is 4.90 Å². The van der Waals surface area contributed by atoms with Crippen LogP contribution in [0.25, 0.3) is 11.6 Å². The molecule has 1 nitrogen and oxygen atoms in total. The molecule has 0 atom stereocenters. The van der Waals surface area contributed by atoms with Crippen molar-refractivity contribution in [2.45, 2.75) is 27.7 Å². The van der Waals surface area contributed by atoms with Gasteiger partial charge in [-0.1, -0.05) is 96.1 Å². The zero-order valence-electron chi connectivity index (χ0n) is 22.1. The number of rotatable bonds is 6. The second-order valence-electron chi connectivity index (χ2n) is 9.84. The van der Waals surface area contributed by atoms with Crippen molar-refractivity contribution in [2.75, 3.05) is 4.90 Å². The molecule has 0 saturated heterocycles. The van der Waals surface area contributed by atoms with E-state index in [0.29, 0.717) is 0 Å². The van der Waals surface area contributed by atoms with Gasteiger partial charge in [-0.15, -0.1) is 0 Å². The highest BCUT2D eigenvalue weighted by molar-refractivity contribution is 5.92. The summed E-state index contributed by atoms with van der Waals surface area (Å²) in [6.45, 7) is 8.61. The highest BCUT2D eigenvalue weighted by Gasteiger charge is 2.14. The van der Waals surface area contributed by atoms with Crippen LogP contribution in [0.2, 0.25) is 0 Å². The van der Waals surface area contributed by atoms with E-state index in [-0.39, 0.29) is 0 Å². The molecule has 5 aromatic carbocycles. The summed E-state index contributed by atoms with van der Waals surface area (Å²) in [5.74, 6) is 0. The molecule has 0 N–H and O–H groups in total. The van der Waals surface area contributed by atoms with Gasteiger partial charge in [-0.3, -0.25) is 0 Å². The van der Waals surface area contributed by atoms with E-state index in [9.17, 15) is 0 Å².